The Hall–Kier alpha value is -7.43. The Labute approximate surface area is 319 Å². The van der Waals surface area contributed by atoms with Crippen LogP contribution in [0.2, 0.25) is 0 Å². The summed E-state index contributed by atoms with van der Waals surface area (Å²) in [5, 5.41) is 2.49. The maximum Gasteiger partial charge on any atom is 0.0716 e. The van der Waals surface area contributed by atoms with Crippen LogP contribution in [0.4, 0.5) is 0 Å². The number of pyridine rings is 3. The highest BCUT2D eigenvalue weighted by Crippen LogP contribution is 2.38. The Kier molecular flexibility index (Phi) is 8.12. The van der Waals surface area contributed by atoms with Gasteiger partial charge in [-0.3, -0.25) is 9.97 Å². The van der Waals surface area contributed by atoms with E-state index in [0.717, 1.165) is 56.0 Å². The van der Waals surface area contributed by atoms with Gasteiger partial charge in [-0.15, -0.1) is 0 Å². The van der Waals surface area contributed by atoms with Gasteiger partial charge < -0.3 is 4.57 Å². The molecule has 0 bridgehead atoms. The van der Waals surface area contributed by atoms with Crippen molar-refractivity contribution in [3.05, 3.63) is 207 Å². The van der Waals surface area contributed by atoms with Gasteiger partial charge in [-0.25, -0.2) is 4.98 Å². The maximum absolute atomic E-state index is 5.04. The lowest BCUT2D eigenvalue weighted by molar-refractivity contribution is 1.18. The molecule has 4 aromatic heterocycles. The van der Waals surface area contributed by atoms with Gasteiger partial charge in [0.25, 0.3) is 0 Å². The largest absolute Gasteiger partial charge is 0.309 e. The number of rotatable bonds is 7. The van der Waals surface area contributed by atoms with Crippen LogP contribution in [0.25, 0.3) is 94.5 Å². The molecule has 10 aromatic rings. The summed E-state index contributed by atoms with van der Waals surface area (Å²) in [6.07, 6.45) is 7.24. The molecule has 0 aliphatic rings. The SMILES string of the molecule is c1ccc(-c2ccc(-c3cc(-c4ccc(-c5cc(-c6ccncc6)nc(-c6ccncc6)c5)cc4)cc(-n4c5ccccc5c5ccccc54)c3)cc2)cc1. The van der Waals surface area contributed by atoms with E-state index in [1.807, 2.05) is 49.1 Å². The molecule has 55 heavy (non-hydrogen) atoms. The predicted molar refractivity (Wildman–Crippen MR) is 227 cm³/mol. The first-order valence-corrected chi connectivity index (χ1v) is 18.5. The normalized spacial score (nSPS) is 11.3. The van der Waals surface area contributed by atoms with Crippen molar-refractivity contribution in [2.75, 3.05) is 0 Å². The van der Waals surface area contributed by atoms with Crippen LogP contribution in [0.3, 0.4) is 0 Å². The number of aromatic nitrogens is 4. The second-order valence-corrected chi connectivity index (χ2v) is 13.8. The van der Waals surface area contributed by atoms with E-state index in [1.54, 1.807) is 0 Å². The zero-order valence-electron chi connectivity index (χ0n) is 29.9. The molecular formula is C51H34N4. The third-order valence-corrected chi connectivity index (χ3v) is 10.4. The highest BCUT2D eigenvalue weighted by Gasteiger charge is 2.15. The summed E-state index contributed by atoms with van der Waals surface area (Å²) in [7, 11) is 0. The molecule has 0 aliphatic carbocycles. The molecular weight excluding hydrogens is 669 g/mol. The van der Waals surface area contributed by atoms with Gasteiger partial charge in [-0.05, 0) is 111 Å². The summed E-state index contributed by atoms with van der Waals surface area (Å²) in [6.45, 7) is 0. The number of benzene rings is 6. The molecule has 0 amide bonds. The van der Waals surface area contributed by atoms with Crippen LogP contribution in [0.15, 0.2) is 207 Å². The lowest BCUT2D eigenvalue weighted by atomic mass is 9.94. The van der Waals surface area contributed by atoms with Gasteiger partial charge >= 0.3 is 0 Å². The zero-order chi connectivity index (χ0) is 36.6. The van der Waals surface area contributed by atoms with Crippen LogP contribution in [-0.2, 0) is 0 Å². The van der Waals surface area contributed by atoms with E-state index < -0.39 is 0 Å². The monoisotopic (exact) mass is 702 g/mol. The van der Waals surface area contributed by atoms with E-state index in [-0.39, 0.29) is 0 Å². The Morgan fingerprint density at radius 1 is 0.291 bits per heavy atom. The Bertz CT molecular complexity index is 2820. The summed E-state index contributed by atoms with van der Waals surface area (Å²) in [6, 6.07) is 65.1. The van der Waals surface area contributed by atoms with Gasteiger partial charge in [-0.2, -0.15) is 0 Å². The minimum Gasteiger partial charge on any atom is -0.309 e. The molecule has 4 heteroatoms. The van der Waals surface area contributed by atoms with Crippen molar-refractivity contribution < 1.29 is 0 Å². The van der Waals surface area contributed by atoms with Crippen LogP contribution in [0.5, 0.6) is 0 Å². The number of para-hydroxylation sites is 2. The average molecular weight is 703 g/mol. The van der Waals surface area contributed by atoms with Crippen molar-refractivity contribution in [1.29, 1.82) is 0 Å². The summed E-state index contributed by atoms with van der Waals surface area (Å²) in [4.78, 5) is 13.5. The van der Waals surface area contributed by atoms with Crippen LogP contribution in [-0.4, -0.2) is 19.5 Å². The maximum atomic E-state index is 5.04. The molecule has 0 N–H and O–H groups in total. The molecule has 0 unspecified atom stereocenters. The van der Waals surface area contributed by atoms with Crippen LogP contribution in [0, 0.1) is 0 Å². The highest BCUT2D eigenvalue weighted by atomic mass is 15.0. The van der Waals surface area contributed by atoms with Crippen LogP contribution < -0.4 is 0 Å². The lowest BCUT2D eigenvalue weighted by Crippen LogP contribution is -1.96. The molecule has 0 fully saturated rings. The second kappa shape index (κ2) is 13.8. The first-order valence-electron chi connectivity index (χ1n) is 18.5. The summed E-state index contributed by atoms with van der Waals surface area (Å²) in [5.41, 5.74) is 16.6. The molecule has 0 spiro atoms. The van der Waals surface area contributed by atoms with Crippen molar-refractivity contribution in [3.8, 4) is 72.7 Å². The Morgan fingerprint density at radius 2 is 0.673 bits per heavy atom. The predicted octanol–water partition coefficient (Wildman–Crippen LogP) is 13.0. The van der Waals surface area contributed by atoms with Crippen molar-refractivity contribution in [2.45, 2.75) is 0 Å². The minimum absolute atomic E-state index is 0.901. The highest BCUT2D eigenvalue weighted by molar-refractivity contribution is 6.09. The van der Waals surface area contributed by atoms with Gasteiger partial charge in [-0.1, -0.05) is 115 Å². The van der Waals surface area contributed by atoms with Gasteiger partial charge in [0.1, 0.15) is 0 Å². The molecule has 0 radical (unpaired) electrons. The molecule has 258 valence electrons. The molecule has 4 nitrogen and oxygen atoms in total. The molecule has 0 atom stereocenters. The second-order valence-electron chi connectivity index (χ2n) is 13.8. The third kappa shape index (κ3) is 6.16. The van der Waals surface area contributed by atoms with Crippen molar-refractivity contribution >= 4 is 21.8 Å². The Balaban J connectivity index is 1.10. The van der Waals surface area contributed by atoms with E-state index >= 15 is 0 Å². The van der Waals surface area contributed by atoms with Crippen LogP contribution in [0.1, 0.15) is 0 Å². The summed E-state index contributed by atoms with van der Waals surface area (Å²) >= 11 is 0. The van der Waals surface area contributed by atoms with E-state index in [4.69, 9.17) is 4.98 Å². The molecule has 0 aliphatic heterocycles. The Morgan fingerprint density at radius 3 is 1.15 bits per heavy atom. The first kappa shape index (κ1) is 32.2. The quantitative estimate of drug-likeness (QED) is 0.166. The summed E-state index contributed by atoms with van der Waals surface area (Å²) in [5.74, 6) is 0. The third-order valence-electron chi connectivity index (χ3n) is 10.4. The van der Waals surface area contributed by atoms with E-state index in [1.165, 1.54) is 38.5 Å². The van der Waals surface area contributed by atoms with Crippen molar-refractivity contribution in [3.63, 3.8) is 0 Å². The number of fused-ring (bicyclic) bond motifs is 3. The zero-order valence-corrected chi connectivity index (χ0v) is 29.9. The van der Waals surface area contributed by atoms with E-state index in [0.29, 0.717) is 0 Å². The van der Waals surface area contributed by atoms with Gasteiger partial charge in [0, 0.05) is 52.4 Å². The van der Waals surface area contributed by atoms with Crippen molar-refractivity contribution in [1.82, 2.24) is 19.5 Å². The molecule has 4 heterocycles. The lowest BCUT2D eigenvalue weighted by Gasteiger charge is -2.15. The fourth-order valence-electron chi connectivity index (χ4n) is 7.65. The number of nitrogens with zero attached hydrogens (tertiary/aromatic N) is 4. The molecule has 10 rings (SSSR count). The summed E-state index contributed by atoms with van der Waals surface area (Å²) < 4.78 is 2.41. The van der Waals surface area contributed by atoms with Crippen LogP contribution >= 0.6 is 0 Å². The van der Waals surface area contributed by atoms with Gasteiger partial charge in [0.2, 0.25) is 0 Å². The fraction of sp³-hybridized carbons (Fsp3) is 0. The minimum atomic E-state index is 0.901. The standard InChI is InChI=1S/C51H34N4/c1-2-8-35(9-3-1)36-14-16-37(17-15-36)42-30-43(32-45(31-42)55-50-12-6-4-10-46(50)47-11-5-7-13-51(47)55)38-18-20-39(21-19-38)44-33-48(40-22-26-52-27-23-40)54-49(34-44)41-24-28-53-29-25-41/h1-34H. The molecule has 0 saturated heterocycles. The number of hydrogen-bond donors (Lipinski definition) is 0. The van der Waals surface area contributed by atoms with E-state index in [9.17, 15) is 0 Å². The topological polar surface area (TPSA) is 43.6 Å². The van der Waals surface area contributed by atoms with Crippen molar-refractivity contribution in [2.24, 2.45) is 0 Å². The smallest absolute Gasteiger partial charge is 0.0716 e. The fourth-order valence-corrected chi connectivity index (χ4v) is 7.65. The van der Waals surface area contributed by atoms with Gasteiger partial charge in [0.15, 0.2) is 0 Å². The first-order chi connectivity index (χ1) is 27.2. The number of hydrogen-bond acceptors (Lipinski definition) is 3. The molecule has 0 saturated carbocycles. The molecule has 6 aromatic carbocycles. The van der Waals surface area contributed by atoms with E-state index in [2.05, 4.69) is 172 Å². The van der Waals surface area contributed by atoms with Gasteiger partial charge in [0.05, 0.1) is 22.4 Å². The average Bonchev–Trinajstić information content (AvgIpc) is 3.61.